The van der Waals surface area contributed by atoms with E-state index in [1.54, 1.807) is 30.7 Å². The van der Waals surface area contributed by atoms with Crippen LogP contribution < -0.4 is 5.43 Å². The van der Waals surface area contributed by atoms with Crippen molar-refractivity contribution < 1.29 is 36.6 Å². The van der Waals surface area contributed by atoms with Gasteiger partial charge in [0.05, 0.1) is 34.6 Å². The monoisotopic (exact) mass is 787 g/mol. The van der Waals surface area contributed by atoms with Gasteiger partial charge in [0.2, 0.25) is 5.91 Å². The van der Waals surface area contributed by atoms with Crippen LogP contribution in [-0.4, -0.2) is 114 Å². The number of halogens is 4. The molecule has 0 radical (unpaired) electrons. The summed E-state index contributed by atoms with van der Waals surface area (Å²) < 4.78 is 72.2. The summed E-state index contributed by atoms with van der Waals surface area (Å²) in [6.07, 6.45) is -0.476. The van der Waals surface area contributed by atoms with Crippen molar-refractivity contribution in [2.45, 2.75) is 77.7 Å². The van der Waals surface area contributed by atoms with Crippen LogP contribution in [0.3, 0.4) is 0 Å². The first-order chi connectivity index (χ1) is 26.0. The van der Waals surface area contributed by atoms with E-state index in [2.05, 4.69) is 26.8 Å². The standard InChI is InChI=1S/C39H49F4N7O4S/c1-24(48-14-12-47(5)13-15-48)20-44-31(25(2)53-6)18-34-28-19-38(3,4)23-54-37(52)30-8-7-11-50(46-30)36(51)10-9-35-45-32(21-55-35)27-16-26(28)33(17-29(27)40)49(34)22-39(41,42)43/h16-18,20-21,25,30,46H,1,7-15,19,22-23H2,2-6H3/b31-18+,44-20-/t25-,30-/m0/s1. The van der Waals surface area contributed by atoms with Crippen LogP contribution in [0.15, 0.2) is 40.5 Å². The fourth-order valence-corrected chi connectivity index (χ4v) is 7.93. The van der Waals surface area contributed by atoms with E-state index in [1.165, 1.54) is 23.5 Å². The van der Waals surface area contributed by atoms with Crippen molar-refractivity contribution in [1.29, 1.82) is 0 Å². The van der Waals surface area contributed by atoms with Crippen molar-refractivity contribution in [2.75, 3.05) is 53.5 Å². The van der Waals surface area contributed by atoms with E-state index >= 15 is 4.39 Å². The highest BCUT2D eigenvalue weighted by Gasteiger charge is 2.35. The van der Waals surface area contributed by atoms with Gasteiger partial charge in [-0.15, -0.1) is 11.3 Å². The minimum Gasteiger partial charge on any atom is -0.464 e. The molecular weight excluding hydrogens is 739 g/mol. The zero-order valence-corrected chi connectivity index (χ0v) is 32.8. The number of amides is 1. The molecule has 2 aromatic heterocycles. The number of cyclic esters (lactones) is 1. The molecule has 298 valence electrons. The van der Waals surface area contributed by atoms with E-state index in [-0.39, 0.29) is 42.1 Å². The third-order valence-corrected chi connectivity index (χ3v) is 11.3. The number of rotatable bonds is 7. The molecule has 3 aliphatic rings. The molecule has 1 aromatic carbocycles. The number of allylic oxidation sites excluding steroid dienone is 1. The average molecular weight is 788 g/mol. The molecule has 3 aromatic rings. The van der Waals surface area contributed by atoms with Crippen LogP contribution in [0.2, 0.25) is 0 Å². The lowest BCUT2D eigenvalue weighted by molar-refractivity contribution is -0.154. The molecule has 6 rings (SSSR count). The van der Waals surface area contributed by atoms with Gasteiger partial charge >= 0.3 is 12.1 Å². The van der Waals surface area contributed by atoms with Crippen LogP contribution in [0.5, 0.6) is 0 Å². The van der Waals surface area contributed by atoms with Gasteiger partial charge in [0, 0.05) is 92.0 Å². The van der Waals surface area contributed by atoms with Crippen molar-refractivity contribution in [3.05, 3.63) is 57.6 Å². The third kappa shape index (κ3) is 9.65. The van der Waals surface area contributed by atoms with Crippen molar-refractivity contribution in [1.82, 2.24) is 29.8 Å². The Bertz CT molecular complexity index is 1980. The molecule has 6 bridgehead atoms. The number of alkyl halides is 3. The molecule has 0 spiro atoms. The number of ether oxygens (including phenoxy) is 2. The van der Waals surface area contributed by atoms with Crippen LogP contribution in [-0.2, 0) is 38.4 Å². The molecule has 2 fully saturated rings. The number of benzene rings is 1. The smallest absolute Gasteiger partial charge is 0.406 e. The molecule has 2 saturated heterocycles. The summed E-state index contributed by atoms with van der Waals surface area (Å²) in [5.74, 6) is -1.46. The Morgan fingerprint density at radius 3 is 2.65 bits per heavy atom. The number of likely N-dealkylation sites (N-methyl/N-ethyl adjacent to an activating group) is 1. The zero-order valence-electron chi connectivity index (χ0n) is 32.0. The largest absolute Gasteiger partial charge is 0.464 e. The number of methoxy groups -OCH3 is 1. The summed E-state index contributed by atoms with van der Waals surface area (Å²) in [5.41, 5.74) is 4.39. The Morgan fingerprint density at radius 1 is 1.20 bits per heavy atom. The van der Waals surface area contributed by atoms with Crippen molar-refractivity contribution in [2.24, 2.45) is 10.4 Å². The maximum absolute atomic E-state index is 16.2. The fourth-order valence-electron chi connectivity index (χ4n) is 7.13. The molecule has 0 aliphatic carbocycles. The number of piperazine rings is 1. The predicted octanol–water partition coefficient (Wildman–Crippen LogP) is 6.23. The van der Waals surface area contributed by atoms with Gasteiger partial charge in [-0.05, 0) is 57.0 Å². The topological polar surface area (TPSA) is 105 Å². The molecule has 1 amide bonds. The number of thiazole rings is 1. The van der Waals surface area contributed by atoms with E-state index < -0.39 is 42.1 Å². The molecule has 5 heterocycles. The second-order valence-corrected chi connectivity index (χ2v) is 16.3. The number of aryl methyl sites for hydroxylation is 1. The highest BCUT2D eigenvalue weighted by molar-refractivity contribution is 7.09. The number of nitrogens with one attached hydrogen (secondary N) is 1. The van der Waals surface area contributed by atoms with E-state index in [4.69, 9.17) is 14.5 Å². The number of hydrogen-bond donors (Lipinski definition) is 1. The summed E-state index contributed by atoms with van der Waals surface area (Å²) in [5, 5.41) is 4.14. The quantitative estimate of drug-likeness (QED) is 0.171. The summed E-state index contributed by atoms with van der Waals surface area (Å²) >= 11 is 1.28. The first-order valence-electron chi connectivity index (χ1n) is 18.5. The second-order valence-electron chi connectivity index (χ2n) is 15.3. The molecule has 11 nitrogen and oxygen atoms in total. The number of carbonyl (C=O) groups is 2. The number of nitrogens with zero attached hydrogens (tertiary/aromatic N) is 6. The Morgan fingerprint density at radius 2 is 1.95 bits per heavy atom. The maximum Gasteiger partial charge on any atom is 0.406 e. The van der Waals surface area contributed by atoms with Gasteiger partial charge in [0.25, 0.3) is 0 Å². The van der Waals surface area contributed by atoms with E-state index in [1.807, 2.05) is 20.9 Å². The lowest BCUT2D eigenvalue weighted by atomic mass is 9.85. The minimum absolute atomic E-state index is 0.0461. The van der Waals surface area contributed by atoms with Gasteiger partial charge in [0.1, 0.15) is 18.4 Å². The number of carbonyl (C=O) groups excluding carboxylic acids is 2. The molecule has 1 N–H and O–H groups in total. The van der Waals surface area contributed by atoms with E-state index in [9.17, 15) is 22.8 Å². The highest BCUT2D eigenvalue weighted by atomic mass is 32.1. The number of aliphatic imine (C=N–C) groups is 1. The number of aromatic nitrogens is 2. The van der Waals surface area contributed by atoms with Crippen LogP contribution in [0.1, 0.15) is 56.3 Å². The first kappa shape index (κ1) is 40.5. The van der Waals surface area contributed by atoms with Crippen LogP contribution in [0.25, 0.3) is 28.2 Å². The first-order valence-corrected chi connectivity index (χ1v) is 19.4. The molecule has 2 atom stereocenters. The predicted molar refractivity (Wildman–Crippen MR) is 205 cm³/mol. The highest BCUT2D eigenvalue weighted by Crippen LogP contribution is 2.39. The Balaban J connectivity index is 1.52. The van der Waals surface area contributed by atoms with E-state index in [0.717, 1.165) is 36.8 Å². The van der Waals surface area contributed by atoms with Crippen LogP contribution >= 0.6 is 11.3 Å². The maximum atomic E-state index is 16.2. The Labute approximate surface area is 322 Å². The van der Waals surface area contributed by atoms with Gasteiger partial charge in [-0.1, -0.05) is 20.4 Å². The number of hydrogen-bond acceptors (Lipinski definition) is 10. The van der Waals surface area contributed by atoms with Crippen LogP contribution in [0, 0.1) is 11.2 Å². The molecule has 16 heteroatoms. The summed E-state index contributed by atoms with van der Waals surface area (Å²) in [6.45, 7) is 11.9. The Hall–Kier alpha value is -4.12. The average Bonchev–Trinajstić information content (AvgIpc) is 3.71. The zero-order chi connectivity index (χ0) is 39.7. The van der Waals surface area contributed by atoms with Gasteiger partial charge in [-0.2, -0.15) is 13.2 Å². The van der Waals surface area contributed by atoms with Gasteiger partial charge in [0.15, 0.2) is 0 Å². The number of hydrazine groups is 1. The number of fused-ring (bicyclic) bond motifs is 6. The lowest BCUT2D eigenvalue weighted by Gasteiger charge is -2.34. The van der Waals surface area contributed by atoms with Crippen molar-refractivity contribution >= 4 is 46.4 Å². The molecule has 0 unspecified atom stereocenters. The van der Waals surface area contributed by atoms with Gasteiger partial charge in [-0.25, -0.2) is 14.8 Å². The van der Waals surface area contributed by atoms with Crippen molar-refractivity contribution in [3.8, 4) is 11.3 Å². The second kappa shape index (κ2) is 16.5. The van der Waals surface area contributed by atoms with Crippen molar-refractivity contribution in [3.63, 3.8) is 0 Å². The molecule has 55 heavy (non-hydrogen) atoms. The third-order valence-electron chi connectivity index (χ3n) is 10.4. The molecule has 0 saturated carbocycles. The van der Waals surface area contributed by atoms with Crippen LogP contribution in [0.4, 0.5) is 17.6 Å². The Kier molecular flexibility index (Phi) is 12.2. The summed E-state index contributed by atoms with van der Waals surface area (Å²) in [4.78, 5) is 40.1. The summed E-state index contributed by atoms with van der Waals surface area (Å²) in [7, 11) is 3.54. The number of esters is 1. The normalized spacial score (nSPS) is 21.3. The fraction of sp³-hybridized carbons (Fsp3) is 0.538. The molecule has 3 aliphatic heterocycles. The SMILES string of the molecule is C=C(/C=N\C(=C\c1c2c3cc(c(F)cc3n1CC(F)(F)F)-c1csc(n1)CCC(=O)N1CCC[C@H](N1)C(=O)OCC(C)(C)C2)[C@H](C)OC)N1CCN(C)CC1. The lowest BCUT2D eigenvalue weighted by Crippen LogP contribution is -2.55. The van der Waals surface area contributed by atoms with Gasteiger partial charge < -0.3 is 23.8 Å². The van der Waals surface area contributed by atoms with E-state index in [0.29, 0.717) is 58.9 Å². The summed E-state index contributed by atoms with van der Waals surface area (Å²) in [6, 6.07) is 1.95. The van der Waals surface area contributed by atoms with Gasteiger partial charge in [-0.3, -0.25) is 19.6 Å². The molecular formula is C39H49F4N7O4S. The minimum atomic E-state index is -4.66.